The van der Waals surface area contributed by atoms with E-state index in [0.717, 1.165) is 14.8 Å². The van der Waals surface area contributed by atoms with E-state index >= 15 is 0 Å². The summed E-state index contributed by atoms with van der Waals surface area (Å²) < 4.78 is 3.81. The summed E-state index contributed by atoms with van der Waals surface area (Å²) in [5.41, 5.74) is 5.29. The monoisotopic (exact) mass is 371 g/mol. The van der Waals surface area contributed by atoms with Crippen LogP contribution in [0, 0.1) is 0 Å². The fraction of sp³-hybridized carbons (Fsp3) is 0.176. The van der Waals surface area contributed by atoms with Crippen molar-refractivity contribution in [2.75, 3.05) is 11.5 Å². The number of benzene rings is 1. The van der Waals surface area contributed by atoms with Gasteiger partial charge < -0.3 is 5.73 Å². The van der Waals surface area contributed by atoms with Crippen molar-refractivity contribution in [1.82, 2.24) is 18.7 Å². The molecule has 0 fully saturated rings. The molecule has 0 aliphatic heterocycles. The van der Waals surface area contributed by atoms with E-state index in [9.17, 15) is 14.4 Å². The molecule has 26 heavy (non-hydrogen) atoms. The zero-order valence-electron chi connectivity index (χ0n) is 14.2. The second-order valence-corrected chi connectivity index (χ2v) is 6.54. The maximum Gasteiger partial charge on any atom is 0.332 e. The first-order valence-electron chi connectivity index (χ1n) is 7.72. The minimum atomic E-state index is -0.692. The predicted octanol–water partition coefficient (Wildman–Crippen LogP) is 0.827. The number of aromatic nitrogens is 4. The third kappa shape index (κ3) is 3.08. The Morgan fingerprint density at radius 1 is 1.15 bits per heavy atom. The molecule has 0 saturated carbocycles. The van der Waals surface area contributed by atoms with Gasteiger partial charge in [0, 0.05) is 32.2 Å². The largest absolute Gasteiger partial charge is 0.384 e. The molecule has 2 aromatic heterocycles. The number of imidazole rings is 1. The maximum atomic E-state index is 12.6. The molecule has 0 atom stereocenters. The van der Waals surface area contributed by atoms with Crippen LogP contribution in [0.4, 0.5) is 5.82 Å². The minimum absolute atomic E-state index is 0.0263. The Labute approximate surface area is 152 Å². The maximum absolute atomic E-state index is 12.6. The van der Waals surface area contributed by atoms with Crippen molar-refractivity contribution in [1.29, 1.82) is 0 Å². The SMILES string of the molecule is Cn1c(N)c(C(=O)CSc2nccn2-c2ccccc2)c(=O)n(C)c1=O. The van der Waals surface area contributed by atoms with Crippen molar-refractivity contribution >= 4 is 23.4 Å². The van der Waals surface area contributed by atoms with Crippen LogP contribution >= 0.6 is 11.8 Å². The summed E-state index contributed by atoms with van der Waals surface area (Å²) in [5.74, 6) is -0.608. The minimum Gasteiger partial charge on any atom is -0.384 e. The van der Waals surface area contributed by atoms with Gasteiger partial charge in [0.25, 0.3) is 5.56 Å². The summed E-state index contributed by atoms with van der Waals surface area (Å²) >= 11 is 1.20. The highest BCUT2D eigenvalue weighted by molar-refractivity contribution is 7.99. The summed E-state index contributed by atoms with van der Waals surface area (Å²) in [6.45, 7) is 0. The lowest BCUT2D eigenvalue weighted by atomic mass is 10.2. The number of nitrogens with zero attached hydrogens (tertiary/aromatic N) is 4. The van der Waals surface area contributed by atoms with E-state index in [-0.39, 0.29) is 17.1 Å². The highest BCUT2D eigenvalue weighted by Gasteiger charge is 2.21. The van der Waals surface area contributed by atoms with Crippen LogP contribution in [0.15, 0.2) is 57.5 Å². The second kappa shape index (κ2) is 7.04. The Kier molecular flexibility index (Phi) is 4.81. The van der Waals surface area contributed by atoms with Crippen LogP contribution in [0.2, 0.25) is 0 Å². The number of para-hydroxylation sites is 1. The fourth-order valence-electron chi connectivity index (χ4n) is 2.51. The molecule has 0 spiro atoms. The third-order valence-corrected chi connectivity index (χ3v) is 4.93. The molecule has 0 aliphatic rings. The highest BCUT2D eigenvalue weighted by atomic mass is 32.2. The molecule has 134 valence electrons. The van der Waals surface area contributed by atoms with Gasteiger partial charge in [-0.1, -0.05) is 30.0 Å². The number of nitrogen functional groups attached to an aromatic ring is 1. The Morgan fingerprint density at radius 3 is 2.54 bits per heavy atom. The predicted molar refractivity (Wildman–Crippen MR) is 100.0 cm³/mol. The Balaban J connectivity index is 1.87. The average Bonchev–Trinajstić information content (AvgIpc) is 3.12. The standard InChI is InChI=1S/C17H17N5O3S/c1-20-14(18)13(15(24)21(2)17(20)25)12(23)10-26-16-19-8-9-22(16)11-6-4-3-5-7-11/h3-9H,10,18H2,1-2H3. The van der Waals surface area contributed by atoms with Crippen LogP contribution in [0.1, 0.15) is 10.4 Å². The number of nitrogens with two attached hydrogens (primary N) is 1. The molecule has 0 radical (unpaired) electrons. The Bertz CT molecular complexity index is 1080. The van der Waals surface area contributed by atoms with Gasteiger partial charge in [0.1, 0.15) is 11.4 Å². The van der Waals surface area contributed by atoms with Crippen LogP contribution in [-0.2, 0) is 14.1 Å². The summed E-state index contributed by atoms with van der Waals surface area (Å²) in [4.78, 5) is 41.0. The van der Waals surface area contributed by atoms with Gasteiger partial charge in [0.05, 0.1) is 5.75 Å². The highest BCUT2D eigenvalue weighted by Crippen LogP contribution is 2.21. The lowest BCUT2D eigenvalue weighted by molar-refractivity contribution is 0.102. The summed E-state index contributed by atoms with van der Waals surface area (Å²) in [7, 11) is 2.74. The normalized spacial score (nSPS) is 10.8. The molecule has 3 rings (SSSR count). The quantitative estimate of drug-likeness (QED) is 0.526. The molecular formula is C17H17N5O3S. The van der Waals surface area contributed by atoms with Crippen molar-refractivity contribution in [2.24, 2.45) is 14.1 Å². The van der Waals surface area contributed by atoms with Crippen LogP contribution in [0.5, 0.6) is 0 Å². The van der Waals surface area contributed by atoms with Crippen molar-refractivity contribution < 1.29 is 4.79 Å². The van der Waals surface area contributed by atoms with E-state index in [1.54, 1.807) is 12.4 Å². The molecule has 0 saturated heterocycles. The Morgan fingerprint density at radius 2 is 1.85 bits per heavy atom. The zero-order valence-corrected chi connectivity index (χ0v) is 15.1. The first kappa shape index (κ1) is 17.7. The summed E-state index contributed by atoms with van der Waals surface area (Å²) in [6, 6.07) is 9.57. The van der Waals surface area contributed by atoms with E-state index in [0.29, 0.717) is 5.16 Å². The van der Waals surface area contributed by atoms with E-state index in [2.05, 4.69) is 4.98 Å². The van der Waals surface area contributed by atoms with Crippen LogP contribution < -0.4 is 17.0 Å². The number of hydrogen-bond donors (Lipinski definition) is 1. The Hall–Kier alpha value is -3.07. The number of rotatable bonds is 5. The lowest BCUT2D eigenvalue weighted by Crippen LogP contribution is -2.41. The first-order chi connectivity index (χ1) is 12.4. The molecule has 2 heterocycles. The van der Waals surface area contributed by atoms with E-state index < -0.39 is 17.0 Å². The van der Waals surface area contributed by atoms with E-state index in [4.69, 9.17) is 5.73 Å². The molecule has 0 amide bonds. The summed E-state index contributed by atoms with van der Waals surface area (Å²) in [5, 5.41) is 0.616. The average molecular weight is 371 g/mol. The molecular weight excluding hydrogens is 354 g/mol. The molecule has 9 heteroatoms. The van der Waals surface area contributed by atoms with Crippen LogP contribution in [-0.4, -0.2) is 30.2 Å². The molecule has 0 bridgehead atoms. The molecule has 2 N–H and O–H groups in total. The number of thioether (sulfide) groups is 1. The van der Waals surface area contributed by atoms with Crippen molar-refractivity contribution in [3.05, 3.63) is 69.1 Å². The van der Waals surface area contributed by atoms with Gasteiger partial charge in [-0.15, -0.1) is 0 Å². The van der Waals surface area contributed by atoms with Gasteiger partial charge in [-0.05, 0) is 12.1 Å². The van der Waals surface area contributed by atoms with Gasteiger partial charge in [0.15, 0.2) is 10.9 Å². The number of hydrogen-bond acceptors (Lipinski definition) is 6. The van der Waals surface area contributed by atoms with Gasteiger partial charge in [0.2, 0.25) is 0 Å². The summed E-state index contributed by atoms with van der Waals surface area (Å²) in [6.07, 6.45) is 3.43. The topological polar surface area (TPSA) is 105 Å². The molecule has 0 aliphatic carbocycles. The smallest absolute Gasteiger partial charge is 0.332 e. The van der Waals surface area contributed by atoms with Crippen LogP contribution in [0.3, 0.4) is 0 Å². The van der Waals surface area contributed by atoms with Crippen LogP contribution in [0.25, 0.3) is 5.69 Å². The second-order valence-electron chi connectivity index (χ2n) is 5.59. The fourth-order valence-corrected chi connectivity index (χ4v) is 3.35. The van der Waals surface area contributed by atoms with Gasteiger partial charge in [-0.3, -0.25) is 23.3 Å². The third-order valence-electron chi connectivity index (χ3n) is 3.96. The van der Waals surface area contributed by atoms with Crippen molar-refractivity contribution in [3.63, 3.8) is 0 Å². The zero-order chi connectivity index (χ0) is 18.8. The lowest BCUT2D eigenvalue weighted by Gasteiger charge is -2.11. The van der Waals surface area contributed by atoms with Crippen molar-refractivity contribution in [3.8, 4) is 5.69 Å². The molecule has 1 aromatic carbocycles. The number of ketones is 1. The molecule has 8 nitrogen and oxygen atoms in total. The van der Waals surface area contributed by atoms with Gasteiger partial charge in [-0.2, -0.15) is 0 Å². The van der Waals surface area contributed by atoms with Gasteiger partial charge >= 0.3 is 5.69 Å². The number of Topliss-reactive ketones (excluding diaryl/α,β-unsaturated/α-hetero) is 1. The molecule has 0 unspecified atom stereocenters. The molecule has 3 aromatic rings. The van der Waals surface area contributed by atoms with Gasteiger partial charge in [-0.25, -0.2) is 9.78 Å². The van der Waals surface area contributed by atoms with Crippen molar-refractivity contribution in [2.45, 2.75) is 5.16 Å². The number of anilines is 1. The van der Waals surface area contributed by atoms with E-state index in [1.807, 2.05) is 34.9 Å². The number of carbonyl (C=O) groups is 1. The first-order valence-corrected chi connectivity index (χ1v) is 8.70. The van der Waals surface area contributed by atoms with E-state index in [1.165, 1.54) is 25.9 Å². The number of carbonyl (C=O) groups excluding carboxylic acids is 1.